The van der Waals surface area contributed by atoms with Crippen molar-refractivity contribution in [2.24, 2.45) is 0 Å². The van der Waals surface area contributed by atoms with Gasteiger partial charge < -0.3 is 5.11 Å². The second-order valence-electron chi connectivity index (χ2n) is 2.88. The Morgan fingerprint density at radius 1 is 1.25 bits per heavy atom. The number of carbonyl (C=O) groups excluding carboxylic acids is 1. The SMILES string of the molecule is O=C(O)CCSC(=O)c1c(F)cccc1F. The molecule has 0 aliphatic carbocycles. The monoisotopic (exact) mass is 246 g/mol. The summed E-state index contributed by atoms with van der Waals surface area (Å²) in [6.07, 6.45) is -0.230. The zero-order valence-corrected chi connectivity index (χ0v) is 8.89. The van der Waals surface area contributed by atoms with Crippen molar-refractivity contribution in [3.05, 3.63) is 35.4 Å². The number of hydrogen-bond donors (Lipinski definition) is 1. The fourth-order valence-electron chi connectivity index (χ4n) is 0.996. The fourth-order valence-corrected chi connectivity index (χ4v) is 1.80. The smallest absolute Gasteiger partial charge is 0.304 e. The molecule has 6 heteroatoms. The molecule has 0 heterocycles. The average Bonchev–Trinajstić information content (AvgIpc) is 2.16. The highest BCUT2D eigenvalue weighted by atomic mass is 32.2. The lowest BCUT2D eigenvalue weighted by Crippen LogP contribution is -2.04. The summed E-state index contributed by atoms with van der Waals surface area (Å²) in [5.74, 6) is -2.95. The quantitative estimate of drug-likeness (QED) is 0.885. The van der Waals surface area contributed by atoms with Crippen LogP contribution in [-0.4, -0.2) is 21.9 Å². The van der Waals surface area contributed by atoms with Crippen molar-refractivity contribution in [1.82, 2.24) is 0 Å². The first-order valence-electron chi connectivity index (χ1n) is 4.35. The van der Waals surface area contributed by atoms with Crippen LogP contribution in [0.1, 0.15) is 16.8 Å². The Labute approximate surface area is 94.5 Å². The highest BCUT2D eigenvalue weighted by Gasteiger charge is 2.17. The molecule has 0 radical (unpaired) electrons. The summed E-state index contributed by atoms with van der Waals surface area (Å²) in [5.41, 5.74) is -0.627. The van der Waals surface area contributed by atoms with Crippen LogP contribution in [0, 0.1) is 11.6 Å². The number of carbonyl (C=O) groups is 2. The number of carboxylic acids is 1. The molecule has 0 amide bonds. The molecule has 0 fully saturated rings. The number of halogens is 2. The molecular weight excluding hydrogens is 238 g/mol. The molecule has 3 nitrogen and oxygen atoms in total. The Hall–Kier alpha value is -1.43. The lowest BCUT2D eigenvalue weighted by Gasteiger charge is -2.02. The van der Waals surface area contributed by atoms with Gasteiger partial charge in [0.25, 0.3) is 0 Å². The van der Waals surface area contributed by atoms with Crippen LogP contribution in [0.15, 0.2) is 18.2 Å². The summed E-state index contributed by atoms with van der Waals surface area (Å²) in [6, 6.07) is 3.12. The van der Waals surface area contributed by atoms with E-state index in [1.165, 1.54) is 0 Å². The lowest BCUT2D eigenvalue weighted by molar-refractivity contribution is -0.136. The Bertz CT molecular complexity index is 400. The minimum Gasteiger partial charge on any atom is -0.481 e. The number of hydrogen-bond acceptors (Lipinski definition) is 3. The van der Waals surface area contributed by atoms with Crippen molar-refractivity contribution in [3.8, 4) is 0 Å². The molecule has 86 valence electrons. The summed E-state index contributed by atoms with van der Waals surface area (Å²) >= 11 is 0.586. The van der Waals surface area contributed by atoms with Crippen LogP contribution in [0.5, 0.6) is 0 Å². The Morgan fingerprint density at radius 2 is 1.81 bits per heavy atom. The molecule has 16 heavy (non-hydrogen) atoms. The largest absolute Gasteiger partial charge is 0.481 e. The van der Waals surface area contributed by atoms with Crippen LogP contribution in [0.3, 0.4) is 0 Å². The van der Waals surface area contributed by atoms with Crippen LogP contribution in [0.2, 0.25) is 0 Å². The van der Waals surface area contributed by atoms with Crippen molar-refractivity contribution in [2.45, 2.75) is 6.42 Å². The molecular formula is C10H8F2O3S. The van der Waals surface area contributed by atoms with Gasteiger partial charge in [-0.2, -0.15) is 0 Å². The van der Waals surface area contributed by atoms with Crippen molar-refractivity contribution < 1.29 is 23.5 Å². The van der Waals surface area contributed by atoms with E-state index in [1.807, 2.05) is 0 Å². The predicted molar refractivity (Wildman–Crippen MR) is 55.4 cm³/mol. The van der Waals surface area contributed by atoms with Gasteiger partial charge in [0.1, 0.15) is 17.2 Å². The normalized spacial score (nSPS) is 10.1. The standard InChI is InChI=1S/C10H8F2O3S/c11-6-2-1-3-7(12)9(6)10(15)16-5-4-8(13)14/h1-3H,4-5H2,(H,13,14). The van der Waals surface area contributed by atoms with Gasteiger partial charge in [0, 0.05) is 5.75 Å². The molecule has 0 saturated heterocycles. The molecule has 1 rings (SSSR count). The number of benzene rings is 1. The molecule has 0 atom stereocenters. The molecule has 0 aliphatic rings. The third kappa shape index (κ3) is 3.30. The summed E-state index contributed by atoms with van der Waals surface area (Å²) in [4.78, 5) is 21.5. The molecule has 1 N–H and O–H groups in total. The Morgan fingerprint density at radius 3 is 2.31 bits per heavy atom. The second-order valence-corrected chi connectivity index (χ2v) is 3.94. The van der Waals surface area contributed by atoms with Crippen molar-refractivity contribution in [1.29, 1.82) is 0 Å². The van der Waals surface area contributed by atoms with Gasteiger partial charge in [-0.25, -0.2) is 8.78 Å². The average molecular weight is 246 g/mol. The van der Waals surface area contributed by atoms with Gasteiger partial charge in [0.05, 0.1) is 6.42 Å². The van der Waals surface area contributed by atoms with Crippen LogP contribution in [-0.2, 0) is 4.79 Å². The van der Waals surface area contributed by atoms with E-state index in [4.69, 9.17) is 5.11 Å². The van der Waals surface area contributed by atoms with Gasteiger partial charge in [0.15, 0.2) is 0 Å². The maximum Gasteiger partial charge on any atom is 0.304 e. The van der Waals surface area contributed by atoms with Crippen molar-refractivity contribution in [2.75, 3.05) is 5.75 Å². The summed E-state index contributed by atoms with van der Waals surface area (Å²) in [7, 11) is 0. The van der Waals surface area contributed by atoms with E-state index in [2.05, 4.69) is 0 Å². The summed E-state index contributed by atoms with van der Waals surface area (Å²) < 4.78 is 26.2. The van der Waals surface area contributed by atoms with E-state index in [9.17, 15) is 18.4 Å². The first kappa shape index (κ1) is 12.6. The van der Waals surface area contributed by atoms with E-state index in [0.717, 1.165) is 18.2 Å². The minimum absolute atomic E-state index is 0.0120. The first-order valence-corrected chi connectivity index (χ1v) is 5.34. The molecule has 0 saturated carbocycles. The highest BCUT2D eigenvalue weighted by Crippen LogP contribution is 2.19. The number of thioether (sulfide) groups is 1. The molecule has 0 aliphatic heterocycles. The number of carboxylic acid groups (broad SMARTS) is 1. The molecule has 0 spiro atoms. The van der Waals surface area contributed by atoms with E-state index < -0.39 is 28.3 Å². The molecule has 1 aromatic rings. The Balaban J connectivity index is 2.70. The van der Waals surface area contributed by atoms with E-state index >= 15 is 0 Å². The lowest BCUT2D eigenvalue weighted by atomic mass is 10.2. The predicted octanol–water partition coefficient (Wildman–Crippen LogP) is 2.31. The maximum absolute atomic E-state index is 13.1. The summed E-state index contributed by atoms with van der Waals surface area (Å²) in [6.45, 7) is 0. The van der Waals surface area contributed by atoms with Gasteiger partial charge in [-0.15, -0.1) is 0 Å². The van der Waals surface area contributed by atoms with Crippen LogP contribution >= 0.6 is 11.8 Å². The third-order valence-electron chi connectivity index (χ3n) is 1.72. The topological polar surface area (TPSA) is 54.4 Å². The van der Waals surface area contributed by atoms with Crippen molar-refractivity contribution in [3.63, 3.8) is 0 Å². The first-order chi connectivity index (χ1) is 7.52. The number of aliphatic carboxylic acids is 1. The van der Waals surface area contributed by atoms with Gasteiger partial charge in [-0.3, -0.25) is 9.59 Å². The van der Waals surface area contributed by atoms with E-state index in [1.54, 1.807) is 0 Å². The van der Waals surface area contributed by atoms with Crippen LogP contribution < -0.4 is 0 Å². The van der Waals surface area contributed by atoms with Gasteiger partial charge in [-0.1, -0.05) is 17.8 Å². The van der Waals surface area contributed by atoms with Crippen molar-refractivity contribution >= 4 is 22.8 Å². The molecule has 0 unspecified atom stereocenters. The zero-order chi connectivity index (χ0) is 12.1. The minimum atomic E-state index is -1.06. The Kier molecular flexibility index (Phi) is 4.42. The fraction of sp³-hybridized carbons (Fsp3) is 0.200. The number of rotatable bonds is 4. The zero-order valence-electron chi connectivity index (χ0n) is 8.07. The third-order valence-corrected chi connectivity index (χ3v) is 2.59. The second kappa shape index (κ2) is 5.60. The maximum atomic E-state index is 13.1. The van der Waals surface area contributed by atoms with Crippen LogP contribution in [0.25, 0.3) is 0 Å². The highest BCUT2D eigenvalue weighted by molar-refractivity contribution is 8.14. The molecule has 0 aromatic heterocycles. The molecule has 1 aromatic carbocycles. The van der Waals surface area contributed by atoms with Crippen LogP contribution in [0.4, 0.5) is 8.78 Å². The molecule has 0 bridgehead atoms. The van der Waals surface area contributed by atoms with E-state index in [-0.39, 0.29) is 12.2 Å². The van der Waals surface area contributed by atoms with E-state index in [0.29, 0.717) is 11.8 Å². The van der Waals surface area contributed by atoms with Gasteiger partial charge in [-0.05, 0) is 12.1 Å². The summed E-state index contributed by atoms with van der Waals surface area (Å²) in [5, 5.41) is 7.54. The van der Waals surface area contributed by atoms with Gasteiger partial charge >= 0.3 is 5.97 Å². The van der Waals surface area contributed by atoms with Gasteiger partial charge in [0.2, 0.25) is 5.12 Å².